The van der Waals surface area contributed by atoms with Gasteiger partial charge in [-0.2, -0.15) is 5.26 Å². The molecule has 1 N–H and O–H groups in total. The predicted octanol–water partition coefficient (Wildman–Crippen LogP) is 4.17. The molecule has 0 aliphatic heterocycles. The fourth-order valence-corrected chi connectivity index (χ4v) is 2.30. The van der Waals surface area contributed by atoms with Gasteiger partial charge in [0.1, 0.15) is 11.8 Å². The summed E-state index contributed by atoms with van der Waals surface area (Å²) < 4.78 is 5.22. The molecule has 1 aromatic heterocycles. The third-order valence-electron chi connectivity index (χ3n) is 3.52. The molecule has 0 fully saturated rings. The topological polar surface area (TPSA) is 57.9 Å². The Balaban J connectivity index is 2.13. The number of methoxy groups -OCH3 is 1. The number of nitrogens with one attached hydrogen (secondary N) is 1. The van der Waals surface area contributed by atoms with Crippen LogP contribution in [0.15, 0.2) is 48.7 Å². The highest BCUT2D eigenvalue weighted by Gasteiger charge is 2.10. The van der Waals surface area contributed by atoms with Crippen molar-refractivity contribution in [2.24, 2.45) is 0 Å². The molecule has 2 aromatic carbocycles. The summed E-state index contributed by atoms with van der Waals surface area (Å²) in [5.41, 5.74) is 4.19. The molecular formula is C18H15N3O. The minimum Gasteiger partial charge on any atom is -0.497 e. The Morgan fingerprint density at radius 3 is 2.59 bits per heavy atom. The Hall–Kier alpha value is -3.06. The molecule has 4 nitrogen and oxygen atoms in total. The van der Waals surface area contributed by atoms with Gasteiger partial charge in [0, 0.05) is 23.3 Å². The van der Waals surface area contributed by atoms with E-state index < -0.39 is 0 Å². The molecule has 3 rings (SSSR count). The lowest BCUT2D eigenvalue weighted by Crippen LogP contribution is -1.97. The molecule has 0 saturated carbocycles. The minimum absolute atomic E-state index is 0.512. The summed E-state index contributed by atoms with van der Waals surface area (Å²) in [7, 11) is 1.62. The second-order valence-electron chi connectivity index (χ2n) is 5.03. The maximum absolute atomic E-state index is 9.35. The summed E-state index contributed by atoms with van der Waals surface area (Å²) in [5, 5.41) is 13.6. The van der Waals surface area contributed by atoms with Gasteiger partial charge in [-0.15, -0.1) is 0 Å². The average molecular weight is 289 g/mol. The molecular weight excluding hydrogens is 274 g/mol. The molecule has 0 atom stereocenters. The van der Waals surface area contributed by atoms with E-state index in [0.29, 0.717) is 5.56 Å². The molecule has 0 aliphatic carbocycles. The Bertz CT molecular complexity index is 864. The van der Waals surface area contributed by atoms with E-state index in [0.717, 1.165) is 28.0 Å². The van der Waals surface area contributed by atoms with Crippen LogP contribution in [0.3, 0.4) is 0 Å². The summed E-state index contributed by atoms with van der Waals surface area (Å²) in [6, 6.07) is 15.9. The lowest BCUT2D eigenvalue weighted by molar-refractivity contribution is 0.415. The minimum atomic E-state index is 0.512. The van der Waals surface area contributed by atoms with Crippen LogP contribution in [0.5, 0.6) is 5.75 Å². The molecule has 1 heterocycles. The van der Waals surface area contributed by atoms with E-state index in [1.165, 1.54) is 5.56 Å². The Morgan fingerprint density at radius 1 is 1.14 bits per heavy atom. The first-order valence-electron chi connectivity index (χ1n) is 6.92. The van der Waals surface area contributed by atoms with Gasteiger partial charge in [0.2, 0.25) is 0 Å². The maximum atomic E-state index is 9.35. The van der Waals surface area contributed by atoms with Crippen LogP contribution in [-0.2, 0) is 0 Å². The van der Waals surface area contributed by atoms with E-state index in [2.05, 4.69) is 16.4 Å². The first-order chi connectivity index (χ1) is 10.7. The normalized spacial score (nSPS) is 10.2. The molecule has 0 amide bonds. The first kappa shape index (κ1) is 13.9. The highest BCUT2D eigenvalue weighted by Crippen LogP contribution is 2.30. The molecule has 3 aromatic rings. The van der Waals surface area contributed by atoms with Gasteiger partial charge in [0.05, 0.1) is 23.9 Å². The summed E-state index contributed by atoms with van der Waals surface area (Å²) in [5.74, 6) is 0.742. The molecule has 22 heavy (non-hydrogen) atoms. The van der Waals surface area contributed by atoms with Crippen LogP contribution in [0.25, 0.3) is 10.9 Å². The molecule has 0 spiro atoms. The first-order valence-corrected chi connectivity index (χ1v) is 6.92. The quantitative estimate of drug-likeness (QED) is 0.786. The second-order valence-corrected chi connectivity index (χ2v) is 5.03. The largest absolute Gasteiger partial charge is 0.497 e. The third kappa shape index (κ3) is 2.57. The zero-order chi connectivity index (χ0) is 15.5. The van der Waals surface area contributed by atoms with Gasteiger partial charge in [0.25, 0.3) is 0 Å². The van der Waals surface area contributed by atoms with Crippen LogP contribution >= 0.6 is 0 Å². The van der Waals surface area contributed by atoms with E-state index in [1.807, 2.05) is 49.4 Å². The number of hydrogen-bond donors (Lipinski definition) is 1. The van der Waals surface area contributed by atoms with E-state index in [9.17, 15) is 5.26 Å². The summed E-state index contributed by atoms with van der Waals surface area (Å²) in [4.78, 5) is 4.33. The number of anilines is 2. The smallest absolute Gasteiger partial charge is 0.121 e. The summed E-state index contributed by atoms with van der Waals surface area (Å²) >= 11 is 0. The second kappa shape index (κ2) is 5.74. The van der Waals surface area contributed by atoms with Gasteiger partial charge in [0.15, 0.2) is 0 Å². The van der Waals surface area contributed by atoms with Crippen molar-refractivity contribution >= 4 is 22.3 Å². The molecule has 4 heteroatoms. The van der Waals surface area contributed by atoms with Crippen LogP contribution in [0.4, 0.5) is 11.4 Å². The number of nitriles is 1. The van der Waals surface area contributed by atoms with Crippen molar-refractivity contribution in [2.45, 2.75) is 6.92 Å². The number of pyridine rings is 1. The fourth-order valence-electron chi connectivity index (χ4n) is 2.30. The molecule has 0 bridgehead atoms. The van der Waals surface area contributed by atoms with Crippen molar-refractivity contribution in [1.82, 2.24) is 4.98 Å². The zero-order valence-electron chi connectivity index (χ0n) is 12.4. The summed E-state index contributed by atoms with van der Waals surface area (Å²) in [6.45, 7) is 2.04. The highest BCUT2D eigenvalue weighted by atomic mass is 16.5. The lowest BCUT2D eigenvalue weighted by Gasteiger charge is -2.12. The SMILES string of the molecule is COc1ccc2c(Nc3ccc(C)cc3)c(C#N)cnc2c1. The van der Waals surface area contributed by atoms with Gasteiger partial charge < -0.3 is 10.1 Å². The van der Waals surface area contributed by atoms with E-state index in [1.54, 1.807) is 13.3 Å². The van der Waals surface area contributed by atoms with Crippen LogP contribution in [0.2, 0.25) is 0 Å². The summed E-state index contributed by atoms with van der Waals surface area (Å²) in [6.07, 6.45) is 1.58. The van der Waals surface area contributed by atoms with Crippen molar-refractivity contribution < 1.29 is 4.74 Å². The maximum Gasteiger partial charge on any atom is 0.121 e. The number of nitrogens with zero attached hydrogens (tertiary/aromatic N) is 2. The molecule has 0 radical (unpaired) electrons. The molecule has 108 valence electrons. The number of hydrogen-bond acceptors (Lipinski definition) is 4. The fraction of sp³-hybridized carbons (Fsp3) is 0.111. The molecule has 0 aliphatic rings. The Kier molecular flexibility index (Phi) is 3.63. The van der Waals surface area contributed by atoms with E-state index >= 15 is 0 Å². The Morgan fingerprint density at radius 2 is 1.91 bits per heavy atom. The van der Waals surface area contributed by atoms with Crippen LogP contribution in [0.1, 0.15) is 11.1 Å². The molecule has 0 saturated heterocycles. The zero-order valence-corrected chi connectivity index (χ0v) is 12.4. The number of ether oxygens (including phenoxy) is 1. The van der Waals surface area contributed by atoms with Crippen molar-refractivity contribution in [1.29, 1.82) is 5.26 Å². The van der Waals surface area contributed by atoms with Crippen LogP contribution in [0, 0.1) is 18.3 Å². The predicted molar refractivity (Wildman–Crippen MR) is 87.5 cm³/mol. The van der Waals surface area contributed by atoms with Crippen LogP contribution < -0.4 is 10.1 Å². The van der Waals surface area contributed by atoms with E-state index in [-0.39, 0.29) is 0 Å². The highest BCUT2D eigenvalue weighted by molar-refractivity contribution is 5.96. The lowest BCUT2D eigenvalue weighted by atomic mass is 10.1. The monoisotopic (exact) mass is 289 g/mol. The number of fused-ring (bicyclic) bond motifs is 1. The number of rotatable bonds is 3. The van der Waals surface area contributed by atoms with E-state index in [4.69, 9.17) is 4.74 Å². The standard InChI is InChI=1S/C18H15N3O/c1-12-3-5-14(6-4-12)21-18-13(10-19)11-20-17-9-15(22-2)7-8-16(17)18/h3-9,11H,1-2H3,(H,20,21). The van der Waals surface area contributed by atoms with Gasteiger partial charge in [-0.3, -0.25) is 4.98 Å². The van der Waals surface area contributed by atoms with Crippen molar-refractivity contribution in [3.8, 4) is 11.8 Å². The van der Waals surface area contributed by atoms with Gasteiger partial charge in [-0.1, -0.05) is 17.7 Å². The number of benzene rings is 2. The van der Waals surface area contributed by atoms with Gasteiger partial charge in [-0.05, 0) is 31.2 Å². The number of aryl methyl sites for hydroxylation is 1. The average Bonchev–Trinajstić information content (AvgIpc) is 2.56. The van der Waals surface area contributed by atoms with Gasteiger partial charge >= 0.3 is 0 Å². The van der Waals surface area contributed by atoms with Crippen LogP contribution in [-0.4, -0.2) is 12.1 Å². The Labute approximate surface area is 129 Å². The molecule has 0 unspecified atom stereocenters. The van der Waals surface area contributed by atoms with Crippen molar-refractivity contribution in [2.75, 3.05) is 12.4 Å². The van der Waals surface area contributed by atoms with Gasteiger partial charge in [-0.25, -0.2) is 0 Å². The van der Waals surface area contributed by atoms with Crippen molar-refractivity contribution in [3.05, 3.63) is 59.8 Å². The van der Waals surface area contributed by atoms with Crippen molar-refractivity contribution in [3.63, 3.8) is 0 Å². The third-order valence-corrected chi connectivity index (χ3v) is 3.52. The number of aromatic nitrogens is 1.